The van der Waals surface area contributed by atoms with Crippen LogP contribution in [0.4, 0.5) is 0 Å². The number of pyridine rings is 1. The van der Waals surface area contributed by atoms with Crippen molar-refractivity contribution in [2.75, 3.05) is 7.11 Å². The third-order valence-corrected chi connectivity index (χ3v) is 7.10. The van der Waals surface area contributed by atoms with Gasteiger partial charge in [-0.1, -0.05) is 45.0 Å². The Labute approximate surface area is 205 Å². The number of fused-ring (bicyclic) bond motifs is 4. The number of allylic oxidation sites excluding steroid dienone is 2. The molecule has 182 valence electrons. The van der Waals surface area contributed by atoms with E-state index in [2.05, 4.69) is 27.4 Å². The third-order valence-electron chi connectivity index (χ3n) is 7.10. The zero-order valence-corrected chi connectivity index (χ0v) is 20.7. The van der Waals surface area contributed by atoms with Crippen LogP contribution < -0.4 is 9.47 Å². The van der Waals surface area contributed by atoms with Gasteiger partial charge in [0.2, 0.25) is 5.75 Å². The van der Waals surface area contributed by atoms with E-state index in [9.17, 15) is 9.90 Å². The fourth-order valence-electron chi connectivity index (χ4n) is 5.49. The summed E-state index contributed by atoms with van der Waals surface area (Å²) in [4.78, 5) is 17.5. The second-order valence-corrected chi connectivity index (χ2v) is 10.3. The summed E-state index contributed by atoms with van der Waals surface area (Å²) in [7, 11) is 1.53. The maximum absolute atomic E-state index is 12.6. The Kier molecular flexibility index (Phi) is 5.70. The van der Waals surface area contributed by atoms with Crippen molar-refractivity contribution in [1.82, 2.24) is 4.98 Å². The molecule has 2 atom stereocenters. The molecule has 2 aromatic carbocycles. The number of aromatic hydroxyl groups is 1. The largest absolute Gasteiger partial charge is 0.504 e. The smallest absolute Gasteiger partial charge is 0.306 e. The van der Waals surface area contributed by atoms with E-state index in [0.717, 1.165) is 27.8 Å². The van der Waals surface area contributed by atoms with Crippen molar-refractivity contribution in [3.8, 4) is 17.2 Å². The molecule has 1 aliphatic carbocycles. The molecule has 6 heteroatoms. The van der Waals surface area contributed by atoms with Gasteiger partial charge in [0.15, 0.2) is 11.5 Å². The Morgan fingerprint density at radius 3 is 2.86 bits per heavy atom. The number of carbonyl (C=O) groups is 1. The van der Waals surface area contributed by atoms with Crippen molar-refractivity contribution in [3.05, 3.63) is 59.9 Å². The lowest BCUT2D eigenvalue weighted by Crippen LogP contribution is -2.37. The van der Waals surface area contributed by atoms with Crippen LogP contribution in [-0.4, -0.2) is 29.3 Å². The van der Waals surface area contributed by atoms with Gasteiger partial charge in [0.05, 0.1) is 18.1 Å². The Hall–Kier alpha value is -3.54. The van der Waals surface area contributed by atoms with Gasteiger partial charge in [-0.25, -0.2) is 4.98 Å². The van der Waals surface area contributed by atoms with E-state index in [-0.39, 0.29) is 23.1 Å². The molecule has 2 heterocycles. The number of phenolic OH excluding ortho intramolecular Hbond substituents is 1. The molecule has 2 aliphatic rings. The minimum atomic E-state index is -0.399. The van der Waals surface area contributed by atoms with Crippen LogP contribution in [0.1, 0.15) is 57.9 Å². The zero-order chi connectivity index (χ0) is 24.9. The molecule has 1 aromatic heterocycles. The van der Waals surface area contributed by atoms with Crippen LogP contribution >= 0.6 is 0 Å². The number of benzene rings is 2. The normalized spacial score (nSPS) is 20.7. The minimum Gasteiger partial charge on any atom is -0.504 e. The Morgan fingerprint density at radius 2 is 2.11 bits per heavy atom. The third kappa shape index (κ3) is 3.91. The van der Waals surface area contributed by atoms with Gasteiger partial charge >= 0.3 is 5.97 Å². The summed E-state index contributed by atoms with van der Waals surface area (Å²) in [5, 5.41) is 12.7. The van der Waals surface area contributed by atoms with E-state index in [0.29, 0.717) is 48.1 Å². The maximum atomic E-state index is 12.6. The molecule has 0 saturated heterocycles. The molecule has 0 amide bonds. The molecule has 0 radical (unpaired) electrons. The van der Waals surface area contributed by atoms with Gasteiger partial charge in [-0.2, -0.15) is 0 Å². The van der Waals surface area contributed by atoms with Gasteiger partial charge in [-0.3, -0.25) is 4.79 Å². The standard InChI is InChI=1S/C29H31NO5/c1-6-7-12-22(31)34-20-14-29(3,4)15-21-23(20)16(2)24-25-18(26(32)28(33-5)27(24)35-21)13-17-10-8-9-11-19(17)30-25/h6,8-11,13,16,20,32H,1,7,12,14-15H2,2-5H3. The predicted octanol–water partition coefficient (Wildman–Crippen LogP) is 6.55. The molecule has 0 bridgehead atoms. The highest BCUT2D eigenvalue weighted by molar-refractivity contribution is 6.01. The second-order valence-electron chi connectivity index (χ2n) is 10.3. The summed E-state index contributed by atoms with van der Waals surface area (Å²) in [6.45, 7) is 10.1. The van der Waals surface area contributed by atoms with Crippen LogP contribution in [0.25, 0.3) is 21.8 Å². The maximum Gasteiger partial charge on any atom is 0.306 e. The number of aromatic nitrogens is 1. The SMILES string of the molecule is C=CCCC(=O)OC1CC(C)(C)CC2=C1C(C)c1c(c(OC)c(O)c3cc4ccccc4nc13)O2. The van der Waals surface area contributed by atoms with Crippen LogP contribution in [0.2, 0.25) is 0 Å². The molecule has 2 unspecified atom stereocenters. The monoisotopic (exact) mass is 473 g/mol. The number of hydrogen-bond donors (Lipinski definition) is 1. The molecular weight excluding hydrogens is 442 g/mol. The number of esters is 1. The van der Waals surface area contributed by atoms with Crippen molar-refractivity contribution >= 4 is 27.8 Å². The van der Waals surface area contributed by atoms with Gasteiger partial charge in [0.1, 0.15) is 11.9 Å². The predicted molar refractivity (Wildman–Crippen MR) is 136 cm³/mol. The molecule has 6 nitrogen and oxygen atoms in total. The summed E-state index contributed by atoms with van der Waals surface area (Å²) < 4.78 is 18.2. The summed E-state index contributed by atoms with van der Waals surface area (Å²) in [5.41, 5.74) is 3.17. The molecule has 1 N–H and O–H groups in total. The second kappa shape index (κ2) is 8.59. The van der Waals surface area contributed by atoms with Crippen molar-refractivity contribution < 1.29 is 24.1 Å². The van der Waals surface area contributed by atoms with E-state index < -0.39 is 6.10 Å². The number of para-hydroxylation sites is 1. The summed E-state index contributed by atoms with van der Waals surface area (Å²) in [6.07, 6.45) is 3.60. The number of nitrogens with zero attached hydrogens (tertiary/aromatic N) is 1. The Balaban J connectivity index is 1.70. The molecule has 0 fully saturated rings. The van der Waals surface area contributed by atoms with E-state index in [1.165, 1.54) is 7.11 Å². The highest BCUT2D eigenvalue weighted by Gasteiger charge is 2.44. The lowest BCUT2D eigenvalue weighted by Gasteiger charge is -2.42. The molecule has 0 saturated carbocycles. The van der Waals surface area contributed by atoms with Gasteiger partial charge in [-0.05, 0) is 30.4 Å². The van der Waals surface area contributed by atoms with Gasteiger partial charge in [0.25, 0.3) is 0 Å². The topological polar surface area (TPSA) is 77.9 Å². The van der Waals surface area contributed by atoms with Crippen LogP contribution in [0.15, 0.2) is 54.3 Å². The highest BCUT2D eigenvalue weighted by Crippen LogP contribution is 2.56. The van der Waals surface area contributed by atoms with Crippen molar-refractivity contribution in [2.45, 2.75) is 58.5 Å². The number of methoxy groups -OCH3 is 1. The van der Waals surface area contributed by atoms with Crippen LogP contribution in [0.3, 0.4) is 0 Å². The quantitative estimate of drug-likeness (QED) is 0.257. The number of carbonyl (C=O) groups excluding carboxylic acids is 1. The van der Waals surface area contributed by atoms with Gasteiger partial charge in [-0.15, -0.1) is 6.58 Å². The fourth-order valence-corrected chi connectivity index (χ4v) is 5.49. The van der Waals surface area contributed by atoms with Crippen molar-refractivity contribution in [2.24, 2.45) is 5.41 Å². The molecule has 5 rings (SSSR count). The first-order valence-corrected chi connectivity index (χ1v) is 12.1. The minimum absolute atomic E-state index is 0.0122. The molecule has 35 heavy (non-hydrogen) atoms. The molecular formula is C29H31NO5. The van der Waals surface area contributed by atoms with E-state index in [4.69, 9.17) is 19.2 Å². The Morgan fingerprint density at radius 1 is 1.34 bits per heavy atom. The van der Waals surface area contributed by atoms with Crippen LogP contribution in [-0.2, 0) is 9.53 Å². The van der Waals surface area contributed by atoms with Crippen molar-refractivity contribution in [3.63, 3.8) is 0 Å². The molecule has 1 aliphatic heterocycles. The first-order chi connectivity index (χ1) is 16.7. The number of hydrogen-bond acceptors (Lipinski definition) is 6. The van der Waals surface area contributed by atoms with Crippen LogP contribution in [0.5, 0.6) is 17.2 Å². The van der Waals surface area contributed by atoms with Crippen LogP contribution in [0, 0.1) is 5.41 Å². The lowest BCUT2D eigenvalue weighted by molar-refractivity contribution is -0.149. The van der Waals surface area contributed by atoms with E-state index in [1.807, 2.05) is 30.3 Å². The average Bonchev–Trinajstić information content (AvgIpc) is 2.81. The fraction of sp³-hybridized carbons (Fsp3) is 0.379. The number of phenols is 1. The molecule has 3 aromatic rings. The molecule has 0 spiro atoms. The number of rotatable bonds is 5. The zero-order valence-electron chi connectivity index (χ0n) is 20.7. The summed E-state index contributed by atoms with van der Waals surface area (Å²) >= 11 is 0. The first-order valence-electron chi connectivity index (χ1n) is 12.1. The summed E-state index contributed by atoms with van der Waals surface area (Å²) in [6, 6.07) is 9.74. The average molecular weight is 474 g/mol. The lowest BCUT2D eigenvalue weighted by atomic mass is 9.70. The van der Waals surface area contributed by atoms with Gasteiger partial charge in [0, 0.05) is 40.7 Å². The van der Waals surface area contributed by atoms with Crippen molar-refractivity contribution in [1.29, 1.82) is 0 Å². The highest BCUT2D eigenvalue weighted by atomic mass is 16.5. The van der Waals surface area contributed by atoms with Gasteiger partial charge < -0.3 is 19.3 Å². The Bertz CT molecular complexity index is 1390. The van der Waals surface area contributed by atoms with E-state index in [1.54, 1.807) is 6.08 Å². The summed E-state index contributed by atoms with van der Waals surface area (Å²) in [5.74, 6) is 1.19. The first kappa shape index (κ1) is 23.2. The number of ether oxygens (including phenoxy) is 3. The van der Waals surface area contributed by atoms with E-state index >= 15 is 0 Å².